The number of phenols is 2. The van der Waals surface area contributed by atoms with E-state index in [1.165, 1.54) is 62.7 Å². The van der Waals surface area contributed by atoms with Crippen LogP contribution < -0.4 is 0 Å². The molecule has 4 rings (SSSR count). The molecule has 220 valence electrons. The molecule has 2 unspecified atom stereocenters. The van der Waals surface area contributed by atoms with Crippen LogP contribution >= 0.6 is 0 Å². The molecule has 0 bridgehead atoms. The summed E-state index contributed by atoms with van der Waals surface area (Å²) in [5.74, 6) is 0.782. The summed E-state index contributed by atoms with van der Waals surface area (Å²) in [6.45, 7) is 9.13. The van der Waals surface area contributed by atoms with Crippen molar-refractivity contribution >= 4 is 10.4 Å². The first-order valence-corrected chi connectivity index (χ1v) is 15.4. The first-order chi connectivity index (χ1) is 18.3. The van der Waals surface area contributed by atoms with Gasteiger partial charge in [0, 0.05) is 23.9 Å². The first-order valence-electron chi connectivity index (χ1n) is 14.0. The van der Waals surface area contributed by atoms with Crippen LogP contribution in [0.3, 0.4) is 0 Å². The molecule has 2 fully saturated rings. The van der Waals surface area contributed by atoms with E-state index in [4.69, 9.17) is 17.5 Å². The number of likely N-dealkylation sites (N-methyl/N-ethyl adjacent to an activating group) is 2. The van der Waals surface area contributed by atoms with Gasteiger partial charge in [-0.2, -0.15) is 8.42 Å². The summed E-state index contributed by atoms with van der Waals surface area (Å²) in [4.78, 5) is 4.86. The topological polar surface area (TPSA) is 122 Å². The number of benzene rings is 2. The van der Waals surface area contributed by atoms with E-state index in [0.717, 1.165) is 25.9 Å². The van der Waals surface area contributed by atoms with Crippen molar-refractivity contribution in [3.63, 3.8) is 0 Å². The predicted octanol–water partition coefficient (Wildman–Crippen LogP) is 5.66. The number of nitrogens with zero attached hydrogens (tertiary/aromatic N) is 2. The summed E-state index contributed by atoms with van der Waals surface area (Å²) in [5, 5.41) is 19.4. The third-order valence-corrected chi connectivity index (χ3v) is 8.31. The molecule has 2 heterocycles. The highest BCUT2D eigenvalue weighted by atomic mass is 32.3. The van der Waals surface area contributed by atoms with Crippen LogP contribution in [0.1, 0.15) is 76.3 Å². The van der Waals surface area contributed by atoms with E-state index >= 15 is 0 Å². The summed E-state index contributed by atoms with van der Waals surface area (Å²) < 4.78 is 31.6. The van der Waals surface area contributed by atoms with Crippen LogP contribution in [0.25, 0.3) is 0 Å². The number of hydrogen-bond donors (Lipinski definition) is 4. The number of likely N-dealkylation sites (tertiary alicyclic amines) is 2. The van der Waals surface area contributed by atoms with Crippen LogP contribution in [-0.2, 0) is 21.2 Å². The van der Waals surface area contributed by atoms with Gasteiger partial charge in [-0.25, -0.2) is 0 Å². The fourth-order valence-electron chi connectivity index (χ4n) is 6.17. The molecule has 2 atom stereocenters. The summed E-state index contributed by atoms with van der Waals surface area (Å²) in [5.41, 5.74) is 3.05. The number of rotatable bonds is 4. The minimum atomic E-state index is -4.67. The minimum Gasteiger partial charge on any atom is -0.508 e. The maximum absolute atomic E-state index is 9.68. The van der Waals surface area contributed by atoms with E-state index in [1.54, 1.807) is 12.1 Å². The van der Waals surface area contributed by atoms with Gasteiger partial charge in [0.2, 0.25) is 0 Å². The molecule has 2 aliphatic heterocycles. The molecule has 0 aliphatic carbocycles. The van der Waals surface area contributed by atoms with Crippen molar-refractivity contribution in [3.8, 4) is 11.5 Å². The molecule has 4 N–H and O–H groups in total. The standard InChI is InChI=1S/2C15H23NO.H2O4S/c2*1-3-15(9-4-5-10-16(2)12-15)13-7-6-8-14(17)11-13;1-5(2,3)4/h2*6-8,11,17H,3-5,9-10,12H2,1-2H3;(H2,1,2,3,4). The lowest BCUT2D eigenvalue weighted by molar-refractivity contribution is 0.256. The predicted molar refractivity (Wildman–Crippen MR) is 157 cm³/mol. The van der Waals surface area contributed by atoms with Gasteiger partial charge in [-0.05, 0) is 101 Å². The Hall–Kier alpha value is -2.17. The quantitative estimate of drug-likeness (QED) is 0.351. The smallest absolute Gasteiger partial charge is 0.394 e. The van der Waals surface area contributed by atoms with Gasteiger partial charge in [0.15, 0.2) is 0 Å². The third kappa shape index (κ3) is 10.7. The fourth-order valence-corrected chi connectivity index (χ4v) is 6.17. The zero-order valence-electron chi connectivity index (χ0n) is 24.0. The van der Waals surface area contributed by atoms with E-state index in [2.05, 4.69) is 49.9 Å². The average molecular weight is 565 g/mol. The van der Waals surface area contributed by atoms with E-state index in [1.807, 2.05) is 24.3 Å². The molecule has 0 spiro atoms. The molecule has 0 aromatic heterocycles. The molecule has 2 saturated heterocycles. The van der Waals surface area contributed by atoms with Gasteiger partial charge in [0.25, 0.3) is 0 Å². The lowest BCUT2D eigenvalue weighted by Gasteiger charge is -2.35. The SMILES string of the molecule is CCC1(c2cccc(O)c2)CCCCN(C)C1.CCC1(c2cccc(O)c2)CCCCN(C)C1.O=S(=O)(O)O. The Bertz CT molecular complexity index is 1050. The zero-order chi connectivity index (χ0) is 29.1. The Balaban J connectivity index is 0.000000234. The Kier molecular flexibility index (Phi) is 12.7. The Labute approximate surface area is 235 Å². The molecule has 2 aromatic rings. The molecule has 2 aliphatic rings. The lowest BCUT2D eigenvalue weighted by atomic mass is 9.74. The molecule has 0 radical (unpaired) electrons. The van der Waals surface area contributed by atoms with E-state index in [-0.39, 0.29) is 10.8 Å². The third-order valence-electron chi connectivity index (χ3n) is 8.31. The maximum atomic E-state index is 9.68. The second kappa shape index (κ2) is 15.0. The molecule has 8 nitrogen and oxygen atoms in total. The molecule has 9 heteroatoms. The first kappa shape index (κ1) is 33.0. The zero-order valence-corrected chi connectivity index (χ0v) is 24.8. The monoisotopic (exact) mass is 564 g/mol. The largest absolute Gasteiger partial charge is 0.508 e. The van der Waals surface area contributed by atoms with Crippen LogP contribution in [0, 0.1) is 0 Å². The van der Waals surface area contributed by atoms with Crippen LogP contribution in [-0.4, -0.2) is 77.8 Å². The molecule has 0 saturated carbocycles. The number of aromatic hydroxyl groups is 2. The summed E-state index contributed by atoms with van der Waals surface area (Å²) in [6.07, 6.45) is 9.89. The normalized spacial score (nSPS) is 24.8. The van der Waals surface area contributed by atoms with Crippen molar-refractivity contribution in [3.05, 3.63) is 59.7 Å². The van der Waals surface area contributed by atoms with Crippen LogP contribution in [0.15, 0.2) is 48.5 Å². The molecule has 2 aromatic carbocycles. The average Bonchev–Trinajstić information content (AvgIpc) is 3.19. The van der Waals surface area contributed by atoms with Crippen molar-refractivity contribution in [1.29, 1.82) is 0 Å². The van der Waals surface area contributed by atoms with Gasteiger partial charge >= 0.3 is 10.4 Å². The second-order valence-corrected chi connectivity index (χ2v) is 12.1. The van der Waals surface area contributed by atoms with Crippen LogP contribution in [0.2, 0.25) is 0 Å². The van der Waals surface area contributed by atoms with Gasteiger partial charge in [0.1, 0.15) is 11.5 Å². The van der Waals surface area contributed by atoms with Gasteiger partial charge in [-0.15, -0.1) is 0 Å². The van der Waals surface area contributed by atoms with Gasteiger partial charge in [-0.3, -0.25) is 9.11 Å². The highest BCUT2D eigenvalue weighted by Crippen LogP contribution is 2.38. The summed E-state index contributed by atoms with van der Waals surface area (Å²) in [6, 6.07) is 15.7. The van der Waals surface area contributed by atoms with E-state index in [9.17, 15) is 10.2 Å². The van der Waals surface area contributed by atoms with Crippen LogP contribution in [0.4, 0.5) is 0 Å². The number of phenolic OH excluding ortho intramolecular Hbond substituents is 2. The molecular weight excluding hydrogens is 516 g/mol. The maximum Gasteiger partial charge on any atom is 0.394 e. The van der Waals surface area contributed by atoms with Crippen molar-refractivity contribution in [2.75, 3.05) is 40.3 Å². The fraction of sp³-hybridized carbons (Fsp3) is 0.600. The highest BCUT2D eigenvalue weighted by Gasteiger charge is 2.34. The molecular formula is C30H48N2O6S. The highest BCUT2D eigenvalue weighted by molar-refractivity contribution is 7.79. The Morgan fingerprint density at radius 3 is 1.38 bits per heavy atom. The van der Waals surface area contributed by atoms with Gasteiger partial charge < -0.3 is 20.0 Å². The van der Waals surface area contributed by atoms with Crippen molar-refractivity contribution < 1.29 is 27.7 Å². The lowest BCUT2D eigenvalue weighted by Crippen LogP contribution is -2.37. The Morgan fingerprint density at radius 1 is 0.718 bits per heavy atom. The summed E-state index contributed by atoms with van der Waals surface area (Å²) in [7, 11) is -0.253. The molecule has 39 heavy (non-hydrogen) atoms. The van der Waals surface area contributed by atoms with E-state index in [0.29, 0.717) is 11.5 Å². The Morgan fingerprint density at radius 2 is 1.08 bits per heavy atom. The van der Waals surface area contributed by atoms with Crippen molar-refractivity contribution in [1.82, 2.24) is 9.80 Å². The van der Waals surface area contributed by atoms with Gasteiger partial charge in [0.05, 0.1) is 0 Å². The number of hydrogen-bond acceptors (Lipinski definition) is 6. The second-order valence-electron chi connectivity index (χ2n) is 11.2. The minimum absolute atomic E-state index is 0.226. The van der Waals surface area contributed by atoms with E-state index < -0.39 is 10.4 Å². The van der Waals surface area contributed by atoms with Crippen LogP contribution in [0.5, 0.6) is 11.5 Å². The molecule has 0 amide bonds. The summed E-state index contributed by atoms with van der Waals surface area (Å²) >= 11 is 0. The van der Waals surface area contributed by atoms with Crippen molar-refractivity contribution in [2.45, 2.75) is 76.0 Å². The van der Waals surface area contributed by atoms with Crippen molar-refractivity contribution in [2.24, 2.45) is 0 Å². The van der Waals surface area contributed by atoms with Gasteiger partial charge in [-0.1, -0.05) is 51.0 Å².